The average Bonchev–Trinajstić information content (AvgIpc) is 3.43. The van der Waals surface area contributed by atoms with Crippen molar-refractivity contribution in [2.24, 2.45) is 11.7 Å². The van der Waals surface area contributed by atoms with Crippen molar-refractivity contribution in [3.8, 4) is 11.3 Å². The number of rotatable bonds is 12. The van der Waals surface area contributed by atoms with E-state index in [1.807, 2.05) is 56.3 Å². The summed E-state index contributed by atoms with van der Waals surface area (Å²) in [4.78, 5) is 48.9. The molecule has 0 bridgehead atoms. The fourth-order valence-electron chi connectivity index (χ4n) is 4.53. The molecule has 3 amide bonds. The molecule has 9 nitrogen and oxygen atoms in total. The van der Waals surface area contributed by atoms with Crippen LogP contribution in [0.25, 0.3) is 21.5 Å². The highest BCUT2D eigenvalue weighted by molar-refractivity contribution is 7.16. The van der Waals surface area contributed by atoms with E-state index in [1.54, 1.807) is 29.9 Å². The number of amides is 3. The molecule has 0 saturated heterocycles. The van der Waals surface area contributed by atoms with E-state index in [-0.39, 0.29) is 37.8 Å². The number of fused-ring (bicyclic) bond motifs is 1. The minimum atomic E-state index is -1.05. The topological polar surface area (TPSA) is 139 Å². The van der Waals surface area contributed by atoms with Crippen LogP contribution in [0.2, 0.25) is 0 Å². The number of benzene rings is 2. The standard InChI is InChI=1S/C31H35N5O4S/c1-20(2)14-25(32)31(40)36(30(39)23-9-10-27-28(17-23)41-19-35-27)18-24(37)11-13-34-29(38)16-21-6-5-7-22(15-21)26-8-3-4-12-33-26/h3-10,12,15,17,19-20,24-25,37H,11,13-14,16,18,32H2,1-2H3,(H,34,38)/t24?,25-/m0/s1. The highest BCUT2D eigenvalue weighted by Gasteiger charge is 2.30. The summed E-state index contributed by atoms with van der Waals surface area (Å²) in [6.07, 6.45) is 1.41. The Balaban J connectivity index is 1.35. The zero-order valence-corrected chi connectivity index (χ0v) is 24.0. The first kappa shape index (κ1) is 30.0. The van der Waals surface area contributed by atoms with Crippen molar-refractivity contribution in [1.29, 1.82) is 0 Å². The van der Waals surface area contributed by atoms with Crippen molar-refractivity contribution < 1.29 is 19.5 Å². The minimum Gasteiger partial charge on any atom is -0.391 e. The summed E-state index contributed by atoms with van der Waals surface area (Å²) in [5.41, 5.74) is 11.5. The van der Waals surface area contributed by atoms with Gasteiger partial charge in [-0.05, 0) is 60.7 Å². The van der Waals surface area contributed by atoms with E-state index in [0.717, 1.165) is 31.9 Å². The van der Waals surface area contributed by atoms with Crippen LogP contribution in [0.1, 0.15) is 42.6 Å². The van der Waals surface area contributed by atoms with Gasteiger partial charge in [0.05, 0.1) is 46.5 Å². The first-order valence-electron chi connectivity index (χ1n) is 13.6. The van der Waals surface area contributed by atoms with Crippen LogP contribution in [0.3, 0.4) is 0 Å². The predicted molar refractivity (Wildman–Crippen MR) is 160 cm³/mol. The third-order valence-corrected chi connectivity index (χ3v) is 7.37. The first-order chi connectivity index (χ1) is 19.7. The van der Waals surface area contributed by atoms with Gasteiger partial charge in [-0.2, -0.15) is 0 Å². The Morgan fingerprint density at radius 2 is 1.88 bits per heavy atom. The summed E-state index contributed by atoms with van der Waals surface area (Å²) in [5, 5.41) is 13.6. The van der Waals surface area contributed by atoms with E-state index in [4.69, 9.17) is 5.73 Å². The Bertz CT molecular complexity index is 1490. The van der Waals surface area contributed by atoms with Gasteiger partial charge < -0.3 is 16.2 Å². The number of nitrogens with one attached hydrogen (secondary N) is 1. The highest BCUT2D eigenvalue weighted by Crippen LogP contribution is 2.21. The zero-order valence-electron chi connectivity index (χ0n) is 23.2. The molecule has 0 aliphatic rings. The van der Waals surface area contributed by atoms with E-state index in [2.05, 4.69) is 15.3 Å². The van der Waals surface area contributed by atoms with Crippen LogP contribution >= 0.6 is 11.3 Å². The Kier molecular flexibility index (Phi) is 10.3. The molecule has 0 spiro atoms. The lowest BCUT2D eigenvalue weighted by Gasteiger charge is -2.27. The molecule has 0 aliphatic carbocycles. The Morgan fingerprint density at radius 3 is 2.63 bits per heavy atom. The van der Waals surface area contributed by atoms with Gasteiger partial charge in [-0.15, -0.1) is 11.3 Å². The molecule has 2 atom stereocenters. The summed E-state index contributed by atoms with van der Waals surface area (Å²) < 4.78 is 0.823. The van der Waals surface area contributed by atoms with Crippen LogP contribution in [0.15, 0.2) is 72.4 Å². The van der Waals surface area contributed by atoms with E-state index < -0.39 is 24.0 Å². The van der Waals surface area contributed by atoms with Gasteiger partial charge in [0.25, 0.3) is 5.91 Å². The lowest BCUT2D eigenvalue weighted by atomic mass is 10.0. The third kappa shape index (κ3) is 8.26. The molecule has 0 fully saturated rings. The number of carbonyl (C=O) groups excluding carboxylic acids is 3. The van der Waals surface area contributed by atoms with Crippen molar-refractivity contribution in [2.45, 2.75) is 45.3 Å². The van der Waals surface area contributed by atoms with Gasteiger partial charge in [-0.1, -0.05) is 38.1 Å². The van der Waals surface area contributed by atoms with Crippen molar-refractivity contribution in [3.63, 3.8) is 0 Å². The van der Waals surface area contributed by atoms with Crippen molar-refractivity contribution in [2.75, 3.05) is 13.1 Å². The van der Waals surface area contributed by atoms with Gasteiger partial charge in [0.2, 0.25) is 11.8 Å². The first-order valence-corrected chi connectivity index (χ1v) is 14.5. The minimum absolute atomic E-state index is 0.157. The van der Waals surface area contributed by atoms with Crippen LogP contribution < -0.4 is 11.1 Å². The second-order valence-electron chi connectivity index (χ2n) is 10.4. The number of imide groups is 1. The normalized spacial score (nSPS) is 12.7. The van der Waals surface area contributed by atoms with Crippen molar-refractivity contribution >= 4 is 39.3 Å². The third-order valence-electron chi connectivity index (χ3n) is 6.58. The largest absolute Gasteiger partial charge is 0.391 e. The SMILES string of the molecule is CC(C)C[C@H](N)C(=O)N(CC(O)CCNC(=O)Cc1cccc(-c2ccccn2)c1)C(=O)c1ccc2ncsc2c1. The summed E-state index contributed by atoms with van der Waals surface area (Å²) in [6.45, 7) is 3.85. The second-order valence-corrected chi connectivity index (χ2v) is 11.3. The number of nitrogens with zero attached hydrogens (tertiary/aromatic N) is 3. The Labute approximate surface area is 243 Å². The van der Waals surface area contributed by atoms with E-state index >= 15 is 0 Å². The second kappa shape index (κ2) is 14.1. The predicted octanol–water partition coefficient (Wildman–Crippen LogP) is 3.81. The van der Waals surface area contributed by atoms with E-state index in [0.29, 0.717) is 12.0 Å². The summed E-state index contributed by atoms with van der Waals surface area (Å²) >= 11 is 1.40. The fraction of sp³-hybridized carbons (Fsp3) is 0.323. The lowest BCUT2D eigenvalue weighted by Crippen LogP contribution is -2.50. The summed E-state index contributed by atoms with van der Waals surface area (Å²) in [5.74, 6) is -1.11. The molecule has 41 heavy (non-hydrogen) atoms. The Morgan fingerprint density at radius 1 is 1.05 bits per heavy atom. The fourth-order valence-corrected chi connectivity index (χ4v) is 5.24. The molecule has 2 aromatic carbocycles. The highest BCUT2D eigenvalue weighted by atomic mass is 32.1. The summed E-state index contributed by atoms with van der Waals surface area (Å²) in [6, 6.07) is 17.5. The molecule has 0 radical (unpaired) electrons. The maximum Gasteiger partial charge on any atom is 0.260 e. The number of thiazole rings is 1. The molecule has 2 aromatic heterocycles. The smallest absolute Gasteiger partial charge is 0.260 e. The van der Waals surface area contributed by atoms with Gasteiger partial charge in [-0.25, -0.2) is 4.98 Å². The van der Waals surface area contributed by atoms with Gasteiger partial charge in [0, 0.05) is 23.9 Å². The van der Waals surface area contributed by atoms with Gasteiger partial charge >= 0.3 is 0 Å². The molecule has 0 saturated carbocycles. The van der Waals surface area contributed by atoms with Crippen molar-refractivity contribution in [1.82, 2.24) is 20.2 Å². The number of carbonyl (C=O) groups is 3. The molecule has 4 aromatic rings. The molecule has 0 aliphatic heterocycles. The number of hydrogen-bond donors (Lipinski definition) is 3. The number of aliphatic hydroxyl groups is 1. The number of aliphatic hydroxyl groups excluding tert-OH is 1. The van der Waals surface area contributed by atoms with E-state index in [9.17, 15) is 19.5 Å². The number of aromatic nitrogens is 2. The number of pyridine rings is 1. The molecule has 10 heteroatoms. The molecular weight excluding hydrogens is 538 g/mol. The molecule has 2 heterocycles. The quantitative estimate of drug-likeness (QED) is 0.234. The molecular formula is C31H35N5O4S. The molecule has 4 N–H and O–H groups in total. The van der Waals surface area contributed by atoms with Gasteiger partial charge in [0.1, 0.15) is 0 Å². The lowest BCUT2D eigenvalue weighted by molar-refractivity contribution is -0.131. The van der Waals surface area contributed by atoms with Crippen LogP contribution in [0, 0.1) is 5.92 Å². The van der Waals surface area contributed by atoms with Gasteiger partial charge in [0.15, 0.2) is 0 Å². The van der Waals surface area contributed by atoms with E-state index in [1.165, 1.54) is 11.3 Å². The Hall–Kier alpha value is -3.99. The van der Waals surface area contributed by atoms with Crippen LogP contribution in [-0.2, 0) is 16.0 Å². The van der Waals surface area contributed by atoms with Crippen LogP contribution in [0.4, 0.5) is 0 Å². The van der Waals surface area contributed by atoms with Crippen LogP contribution in [0.5, 0.6) is 0 Å². The number of hydrogen-bond acceptors (Lipinski definition) is 8. The monoisotopic (exact) mass is 573 g/mol. The molecule has 4 rings (SSSR count). The average molecular weight is 574 g/mol. The molecule has 1 unspecified atom stereocenters. The molecule has 214 valence electrons. The van der Waals surface area contributed by atoms with Gasteiger partial charge in [-0.3, -0.25) is 24.3 Å². The van der Waals surface area contributed by atoms with Crippen LogP contribution in [-0.4, -0.2) is 62.9 Å². The summed E-state index contributed by atoms with van der Waals surface area (Å²) in [7, 11) is 0. The maximum atomic E-state index is 13.4. The number of nitrogens with two attached hydrogens (primary N) is 1. The zero-order chi connectivity index (χ0) is 29.4. The van der Waals surface area contributed by atoms with Crippen molar-refractivity contribution in [3.05, 3.63) is 83.5 Å². The maximum absolute atomic E-state index is 13.4.